The van der Waals surface area contributed by atoms with E-state index in [0.717, 1.165) is 53.7 Å². The zero-order valence-corrected chi connectivity index (χ0v) is 19.5. The highest BCUT2D eigenvalue weighted by Gasteiger charge is 2.44. The van der Waals surface area contributed by atoms with E-state index in [-0.39, 0.29) is 24.0 Å². The second-order valence-corrected chi connectivity index (χ2v) is 9.12. The number of anilines is 1. The molecule has 3 saturated heterocycles. The van der Waals surface area contributed by atoms with Gasteiger partial charge in [-0.3, -0.25) is 14.7 Å². The number of esters is 1. The van der Waals surface area contributed by atoms with Gasteiger partial charge in [0, 0.05) is 47.8 Å². The maximum absolute atomic E-state index is 12.2. The summed E-state index contributed by atoms with van der Waals surface area (Å²) in [5, 5.41) is 0.951. The van der Waals surface area contributed by atoms with E-state index in [1.807, 2.05) is 48.5 Å². The fourth-order valence-electron chi connectivity index (χ4n) is 5.38. The number of nitrogens with two attached hydrogens (primary N) is 1. The molecule has 2 N–H and O–H groups in total. The fraction of sp³-hybridized carbons (Fsp3) is 0.357. The second-order valence-electron chi connectivity index (χ2n) is 9.12. The molecular formula is C28H29N3O3. The summed E-state index contributed by atoms with van der Waals surface area (Å²) in [5.74, 6) is 7.99. The monoisotopic (exact) mass is 455 g/mol. The second kappa shape index (κ2) is 9.36. The molecule has 5 atom stereocenters. The molecule has 0 aliphatic carbocycles. The number of para-hydroxylation sites is 1. The molecule has 2 bridgehead atoms. The first kappa shape index (κ1) is 22.2. The molecule has 1 aromatic heterocycles. The zero-order valence-electron chi connectivity index (χ0n) is 19.5. The van der Waals surface area contributed by atoms with Gasteiger partial charge in [0.05, 0.1) is 18.7 Å². The van der Waals surface area contributed by atoms with Gasteiger partial charge in [-0.15, -0.1) is 0 Å². The number of ether oxygens (including phenoxy) is 2. The van der Waals surface area contributed by atoms with Crippen LogP contribution >= 0.6 is 0 Å². The Balaban J connectivity index is 1.45. The Morgan fingerprint density at radius 3 is 2.82 bits per heavy atom. The largest absolute Gasteiger partial charge is 0.497 e. The number of hydrogen-bond donors (Lipinski definition) is 1. The molecule has 3 aromatic rings. The summed E-state index contributed by atoms with van der Waals surface area (Å²) in [7, 11) is 1.65. The van der Waals surface area contributed by atoms with Crippen molar-refractivity contribution in [3.05, 3.63) is 65.9 Å². The van der Waals surface area contributed by atoms with Gasteiger partial charge in [0.25, 0.3) is 0 Å². The third-order valence-corrected chi connectivity index (χ3v) is 7.08. The topological polar surface area (TPSA) is 77.7 Å². The van der Waals surface area contributed by atoms with Crippen molar-refractivity contribution in [2.24, 2.45) is 11.8 Å². The first-order chi connectivity index (χ1) is 16.5. The van der Waals surface area contributed by atoms with Gasteiger partial charge in [-0.2, -0.15) is 0 Å². The first-order valence-corrected chi connectivity index (χ1v) is 11.7. The number of piperidine rings is 3. The molecule has 2 aromatic carbocycles. The molecule has 6 nitrogen and oxygen atoms in total. The standard InChI is InChI=1S/C28H29N3O3/c1-18(32)34-28(23-11-13-30-26-10-9-22(33-2)16-24(23)26)27-15-20-12-14-31(27)17-21(20)8-7-19-5-3-4-6-25(19)29/h3-6,9-11,13,16,20-21,27-28H,12,14-15,17,29H2,1-2H3/t20-,21-,27+,28-/m0/s1. The maximum atomic E-state index is 12.2. The van der Waals surface area contributed by atoms with E-state index in [9.17, 15) is 4.79 Å². The van der Waals surface area contributed by atoms with Crippen molar-refractivity contribution in [3.8, 4) is 17.6 Å². The molecule has 0 amide bonds. The van der Waals surface area contributed by atoms with Crippen LogP contribution in [-0.2, 0) is 9.53 Å². The number of nitrogen functional groups attached to an aromatic ring is 1. The van der Waals surface area contributed by atoms with E-state index in [0.29, 0.717) is 11.6 Å². The lowest BCUT2D eigenvalue weighted by Gasteiger charge is -2.50. The van der Waals surface area contributed by atoms with Crippen molar-refractivity contribution in [2.45, 2.75) is 31.9 Å². The van der Waals surface area contributed by atoms with Crippen LogP contribution in [0.2, 0.25) is 0 Å². The van der Waals surface area contributed by atoms with Gasteiger partial charge in [0.2, 0.25) is 0 Å². The van der Waals surface area contributed by atoms with Gasteiger partial charge in [-0.25, -0.2) is 0 Å². The minimum atomic E-state index is -0.378. The van der Waals surface area contributed by atoms with Crippen LogP contribution in [0.4, 0.5) is 5.69 Å². The summed E-state index contributed by atoms with van der Waals surface area (Å²) < 4.78 is 11.4. The van der Waals surface area contributed by atoms with Gasteiger partial charge in [-0.05, 0) is 61.7 Å². The van der Waals surface area contributed by atoms with Crippen LogP contribution in [-0.4, -0.2) is 42.1 Å². The lowest BCUT2D eigenvalue weighted by molar-refractivity contribution is -0.154. The Hall–Kier alpha value is -3.56. The molecule has 3 fully saturated rings. The Morgan fingerprint density at radius 2 is 2.09 bits per heavy atom. The van der Waals surface area contributed by atoms with Crippen molar-refractivity contribution < 1.29 is 14.3 Å². The number of nitrogens with zero attached hydrogens (tertiary/aromatic N) is 2. The van der Waals surface area contributed by atoms with E-state index in [4.69, 9.17) is 15.2 Å². The lowest BCUT2D eigenvalue weighted by atomic mass is 9.73. The number of methoxy groups -OCH3 is 1. The smallest absolute Gasteiger partial charge is 0.303 e. The number of carbonyl (C=O) groups excluding carboxylic acids is 1. The molecule has 0 radical (unpaired) electrons. The minimum absolute atomic E-state index is 0.0966. The van der Waals surface area contributed by atoms with Gasteiger partial charge in [0.15, 0.2) is 0 Å². The minimum Gasteiger partial charge on any atom is -0.497 e. The summed E-state index contributed by atoms with van der Waals surface area (Å²) in [6.45, 7) is 3.32. The van der Waals surface area contributed by atoms with Crippen LogP contribution in [0.5, 0.6) is 5.75 Å². The highest BCUT2D eigenvalue weighted by Crippen LogP contribution is 2.43. The third kappa shape index (κ3) is 4.32. The highest BCUT2D eigenvalue weighted by atomic mass is 16.5. The average Bonchev–Trinajstić information content (AvgIpc) is 2.86. The summed E-state index contributed by atoms with van der Waals surface area (Å²) >= 11 is 0. The Kier molecular flexibility index (Phi) is 6.12. The Morgan fingerprint density at radius 1 is 1.24 bits per heavy atom. The van der Waals surface area contributed by atoms with Crippen molar-refractivity contribution >= 4 is 22.6 Å². The van der Waals surface area contributed by atoms with Gasteiger partial charge >= 0.3 is 5.97 Å². The molecule has 3 aliphatic rings. The average molecular weight is 456 g/mol. The molecule has 6 heteroatoms. The van der Waals surface area contributed by atoms with Crippen LogP contribution in [0, 0.1) is 23.7 Å². The molecule has 174 valence electrons. The molecule has 0 saturated carbocycles. The van der Waals surface area contributed by atoms with Crippen molar-refractivity contribution in [1.29, 1.82) is 0 Å². The summed E-state index contributed by atoms with van der Waals surface area (Å²) in [6, 6.07) is 15.6. The van der Waals surface area contributed by atoms with E-state index in [2.05, 4.69) is 21.7 Å². The van der Waals surface area contributed by atoms with Crippen molar-refractivity contribution in [2.75, 3.05) is 25.9 Å². The molecular weight excluding hydrogens is 426 g/mol. The molecule has 4 heterocycles. The number of carbonyl (C=O) groups is 1. The van der Waals surface area contributed by atoms with Crippen LogP contribution in [0.1, 0.15) is 37.0 Å². The zero-order chi connectivity index (χ0) is 23.7. The quantitative estimate of drug-likeness (QED) is 0.361. The van der Waals surface area contributed by atoms with E-state index in [1.54, 1.807) is 13.3 Å². The predicted molar refractivity (Wildman–Crippen MR) is 132 cm³/mol. The molecule has 34 heavy (non-hydrogen) atoms. The van der Waals surface area contributed by atoms with Gasteiger partial charge in [-0.1, -0.05) is 24.0 Å². The van der Waals surface area contributed by atoms with E-state index in [1.165, 1.54) is 6.92 Å². The Labute approximate surface area is 200 Å². The molecule has 0 spiro atoms. The van der Waals surface area contributed by atoms with Crippen LogP contribution in [0.15, 0.2) is 54.7 Å². The van der Waals surface area contributed by atoms with Crippen molar-refractivity contribution in [1.82, 2.24) is 9.88 Å². The molecule has 6 rings (SSSR count). The summed E-state index contributed by atoms with van der Waals surface area (Å²) in [5.41, 5.74) is 9.49. The number of rotatable bonds is 4. The van der Waals surface area contributed by atoms with Gasteiger partial charge in [0.1, 0.15) is 11.9 Å². The van der Waals surface area contributed by atoms with Crippen LogP contribution in [0.25, 0.3) is 10.9 Å². The Bertz CT molecular complexity index is 1280. The maximum Gasteiger partial charge on any atom is 0.303 e. The number of aromatic nitrogens is 1. The lowest BCUT2D eigenvalue weighted by Crippen LogP contribution is -2.55. The molecule has 1 unspecified atom stereocenters. The van der Waals surface area contributed by atoms with Crippen LogP contribution < -0.4 is 10.5 Å². The van der Waals surface area contributed by atoms with Crippen LogP contribution in [0.3, 0.4) is 0 Å². The third-order valence-electron chi connectivity index (χ3n) is 7.08. The summed E-state index contributed by atoms with van der Waals surface area (Å²) in [6.07, 6.45) is 3.43. The highest BCUT2D eigenvalue weighted by molar-refractivity contribution is 5.84. The first-order valence-electron chi connectivity index (χ1n) is 11.7. The SMILES string of the molecule is COc1ccc2nccc([C@H](OC(C)=O)[C@H]3C[C@@H]4CCN3C[C@@H]4C#Cc3ccccc3N)c2c1. The predicted octanol–water partition coefficient (Wildman–Crippen LogP) is 4.19. The summed E-state index contributed by atoms with van der Waals surface area (Å²) in [4.78, 5) is 19.1. The van der Waals surface area contributed by atoms with E-state index >= 15 is 0 Å². The van der Waals surface area contributed by atoms with E-state index < -0.39 is 0 Å². The number of fused-ring (bicyclic) bond motifs is 4. The fourth-order valence-corrected chi connectivity index (χ4v) is 5.38. The number of pyridine rings is 1. The molecule has 3 aliphatic heterocycles. The van der Waals surface area contributed by atoms with Gasteiger partial charge < -0.3 is 15.2 Å². The number of benzene rings is 2. The van der Waals surface area contributed by atoms with Crippen molar-refractivity contribution in [3.63, 3.8) is 0 Å². The normalized spacial score (nSPS) is 24.2. The number of hydrogen-bond acceptors (Lipinski definition) is 6.